The molecule has 0 aliphatic carbocycles. The largest absolute Gasteiger partial charge is 0.493 e. The van der Waals surface area contributed by atoms with E-state index in [0.29, 0.717) is 18.1 Å². The minimum absolute atomic E-state index is 0.206. The first kappa shape index (κ1) is 18.1. The molecule has 0 saturated heterocycles. The fourth-order valence-corrected chi connectivity index (χ4v) is 1.92. The van der Waals surface area contributed by atoms with Crippen molar-refractivity contribution in [3.63, 3.8) is 0 Å². The van der Waals surface area contributed by atoms with Crippen LogP contribution in [0.3, 0.4) is 0 Å². The Kier molecular flexibility index (Phi) is 6.98. The summed E-state index contributed by atoms with van der Waals surface area (Å²) in [6.45, 7) is 3.91. The number of hydrogen-bond acceptors (Lipinski definition) is 4. The molecule has 0 aliphatic rings. The van der Waals surface area contributed by atoms with Gasteiger partial charge in [-0.15, -0.1) is 0 Å². The second kappa shape index (κ2) is 8.48. The third-order valence-electron chi connectivity index (χ3n) is 2.95. The van der Waals surface area contributed by atoms with Gasteiger partial charge in [0.15, 0.2) is 11.5 Å². The Bertz CT molecular complexity index is 547. The third kappa shape index (κ3) is 4.80. The Morgan fingerprint density at radius 1 is 1.41 bits per heavy atom. The molecule has 6 nitrogen and oxygen atoms in total. The average molecular weight is 330 g/mol. The van der Waals surface area contributed by atoms with Gasteiger partial charge < -0.3 is 19.9 Å². The van der Waals surface area contributed by atoms with Gasteiger partial charge in [0, 0.05) is 5.56 Å². The highest BCUT2D eigenvalue weighted by Gasteiger charge is 2.19. The smallest absolute Gasteiger partial charge is 0.325 e. The molecule has 0 fully saturated rings. The maximum absolute atomic E-state index is 12.0. The standard InChI is InChI=1S/C15H20ClNO5/c1-4-5-6-22-13-11(16)7-10(8-12(13)21-3)14(18)17-9(2)15(19)20/h7-9H,4-6H2,1-3H3,(H,17,18)(H,19,20)/t9-/m0/s1. The molecule has 1 rings (SSSR count). The summed E-state index contributed by atoms with van der Waals surface area (Å²) in [7, 11) is 1.44. The SMILES string of the molecule is CCCCOc1c(Cl)cc(C(=O)N[C@@H](C)C(=O)O)cc1OC. The molecule has 0 saturated carbocycles. The molecule has 1 aromatic carbocycles. The molecule has 0 radical (unpaired) electrons. The minimum Gasteiger partial charge on any atom is -0.493 e. The van der Waals surface area contributed by atoms with E-state index in [0.717, 1.165) is 12.8 Å². The van der Waals surface area contributed by atoms with Gasteiger partial charge in [0.1, 0.15) is 6.04 Å². The molecule has 0 heterocycles. The minimum atomic E-state index is -1.12. The van der Waals surface area contributed by atoms with Crippen LogP contribution >= 0.6 is 11.6 Å². The highest BCUT2D eigenvalue weighted by atomic mass is 35.5. The fraction of sp³-hybridized carbons (Fsp3) is 0.467. The topological polar surface area (TPSA) is 84.9 Å². The molecule has 22 heavy (non-hydrogen) atoms. The van der Waals surface area contributed by atoms with Crippen molar-refractivity contribution >= 4 is 23.5 Å². The number of benzene rings is 1. The summed E-state index contributed by atoms with van der Waals surface area (Å²) in [5.74, 6) is -0.960. The number of carbonyl (C=O) groups excluding carboxylic acids is 1. The highest BCUT2D eigenvalue weighted by Crippen LogP contribution is 2.36. The van der Waals surface area contributed by atoms with E-state index in [1.165, 1.54) is 26.2 Å². The molecular formula is C15H20ClNO5. The Morgan fingerprint density at radius 3 is 2.64 bits per heavy atom. The molecule has 0 aromatic heterocycles. The number of nitrogens with one attached hydrogen (secondary N) is 1. The predicted molar refractivity (Wildman–Crippen MR) is 83.0 cm³/mol. The number of rotatable bonds is 8. The Hall–Kier alpha value is -1.95. The molecule has 7 heteroatoms. The fourth-order valence-electron chi connectivity index (χ4n) is 1.65. The van der Waals surface area contributed by atoms with Gasteiger partial charge >= 0.3 is 5.97 Å². The molecule has 0 unspecified atom stereocenters. The lowest BCUT2D eigenvalue weighted by molar-refractivity contribution is -0.138. The van der Waals surface area contributed by atoms with Gasteiger partial charge in [0.25, 0.3) is 5.91 Å². The van der Waals surface area contributed by atoms with Crippen molar-refractivity contribution in [2.75, 3.05) is 13.7 Å². The lowest BCUT2D eigenvalue weighted by atomic mass is 10.1. The molecule has 122 valence electrons. The second-order valence-corrected chi connectivity index (χ2v) is 5.13. The number of methoxy groups -OCH3 is 1. The van der Waals surface area contributed by atoms with Crippen molar-refractivity contribution in [2.24, 2.45) is 0 Å². The zero-order chi connectivity index (χ0) is 16.7. The van der Waals surface area contributed by atoms with Gasteiger partial charge in [-0.05, 0) is 25.5 Å². The molecule has 0 spiro atoms. The van der Waals surface area contributed by atoms with Crippen molar-refractivity contribution in [2.45, 2.75) is 32.7 Å². The molecule has 2 N–H and O–H groups in total. The summed E-state index contributed by atoms with van der Waals surface area (Å²) in [6.07, 6.45) is 1.85. The number of aliphatic carboxylic acids is 1. The molecule has 0 aliphatic heterocycles. The number of halogens is 1. The summed E-state index contributed by atoms with van der Waals surface area (Å²) in [6, 6.07) is 1.89. The number of carboxylic acid groups (broad SMARTS) is 1. The van der Waals surface area contributed by atoms with Crippen LogP contribution < -0.4 is 14.8 Å². The van der Waals surface area contributed by atoms with Crippen molar-refractivity contribution in [3.05, 3.63) is 22.7 Å². The van der Waals surface area contributed by atoms with E-state index in [1.54, 1.807) is 0 Å². The van der Waals surface area contributed by atoms with Crippen LogP contribution in [0.25, 0.3) is 0 Å². The first-order valence-corrected chi connectivity index (χ1v) is 7.32. The van der Waals surface area contributed by atoms with E-state index in [9.17, 15) is 9.59 Å². The van der Waals surface area contributed by atoms with Crippen LogP contribution in [0.5, 0.6) is 11.5 Å². The monoisotopic (exact) mass is 329 g/mol. The Morgan fingerprint density at radius 2 is 2.09 bits per heavy atom. The summed E-state index contributed by atoms with van der Waals surface area (Å²) in [5, 5.41) is 11.4. The lowest BCUT2D eigenvalue weighted by Gasteiger charge is -2.15. The highest BCUT2D eigenvalue weighted by molar-refractivity contribution is 6.32. The van der Waals surface area contributed by atoms with Gasteiger partial charge in [-0.2, -0.15) is 0 Å². The quantitative estimate of drug-likeness (QED) is 0.716. The number of ether oxygens (including phenoxy) is 2. The average Bonchev–Trinajstić information content (AvgIpc) is 2.48. The Labute approximate surface area is 134 Å². The van der Waals surface area contributed by atoms with Crippen molar-refractivity contribution in [3.8, 4) is 11.5 Å². The van der Waals surface area contributed by atoms with Crippen LogP contribution in [-0.2, 0) is 4.79 Å². The van der Waals surface area contributed by atoms with E-state index in [2.05, 4.69) is 5.32 Å². The normalized spacial score (nSPS) is 11.6. The second-order valence-electron chi connectivity index (χ2n) is 4.72. The summed E-state index contributed by atoms with van der Waals surface area (Å²) in [5.41, 5.74) is 0.206. The number of hydrogen-bond donors (Lipinski definition) is 2. The first-order valence-electron chi connectivity index (χ1n) is 6.94. The maximum atomic E-state index is 12.0. The molecule has 1 amide bonds. The van der Waals surface area contributed by atoms with Crippen molar-refractivity contribution in [1.29, 1.82) is 0 Å². The predicted octanol–water partition coefficient (Wildman–Crippen LogP) is 2.73. The Balaban J connectivity index is 2.97. The van der Waals surface area contributed by atoms with Crippen LogP contribution in [0, 0.1) is 0 Å². The van der Waals surface area contributed by atoms with E-state index >= 15 is 0 Å². The molecule has 0 bridgehead atoms. The first-order chi connectivity index (χ1) is 10.4. The molecule has 1 atom stereocenters. The zero-order valence-electron chi connectivity index (χ0n) is 12.8. The van der Waals surface area contributed by atoms with Crippen molar-refractivity contribution < 1.29 is 24.2 Å². The van der Waals surface area contributed by atoms with Crippen LogP contribution in [0.15, 0.2) is 12.1 Å². The number of unbranched alkanes of at least 4 members (excludes halogenated alkanes) is 1. The van der Waals surface area contributed by atoms with E-state index in [4.69, 9.17) is 26.2 Å². The maximum Gasteiger partial charge on any atom is 0.325 e. The van der Waals surface area contributed by atoms with Gasteiger partial charge in [0.2, 0.25) is 0 Å². The summed E-state index contributed by atoms with van der Waals surface area (Å²) in [4.78, 5) is 22.8. The molecule has 1 aromatic rings. The third-order valence-corrected chi connectivity index (χ3v) is 3.23. The van der Waals surface area contributed by atoms with E-state index in [1.807, 2.05) is 6.92 Å². The van der Waals surface area contributed by atoms with E-state index in [-0.39, 0.29) is 10.6 Å². The number of amides is 1. The van der Waals surface area contributed by atoms with Crippen LogP contribution in [0.2, 0.25) is 5.02 Å². The number of carbonyl (C=O) groups is 2. The van der Waals surface area contributed by atoms with Gasteiger partial charge in [-0.1, -0.05) is 24.9 Å². The van der Waals surface area contributed by atoms with Gasteiger partial charge in [0.05, 0.1) is 18.7 Å². The number of carboxylic acids is 1. The lowest BCUT2D eigenvalue weighted by Crippen LogP contribution is -2.38. The van der Waals surface area contributed by atoms with E-state index < -0.39 is 17.9 Å². The zero-order valence-corrected chi connectivity index (χ0v) is 13.6. The summed E-state index contributed by atoms with van der Waals surface area (Å²) < 4.78 is 10.8. The van der Waals surface area contributed by atoms with Gasteiger partial charge in [-0.3, -0.25) is 9.59 Å². The van der Waals surface area contributed by atoms with Crippen molar-refractivity contribution in [1.82, 2.24) is 5.32 Å². The van der Waals surface area contributed by atoms with Crippen LogP contribution in [-0.4, -0.2) is 36.7 Å². The van der Waals surface area contributed by atoms with Gasteiger partial charge in [-0.25, -0.2) is 0 Å². The van der Waals surface area contributed by atoms with Crippen LogP contribution in [0.4, 0.5) is 0 Å². The molecular weight excluding hydrogens is 310 g/mol. The summed E-state index contributed by atoms with van der Waals surface area (Å²) >= 11 is 6.13. The van der Waals surface area contributed by atoms with Crippen LogP contribution in [0.1, 0.15) is 37.0 Å².